The fraction of sp³-hybridized carbons (Fsp3) is 0.538. The van der Waals surface area contributed by atoms with Gasteiger partial charge in [-0.25, -0.2) is 8.78 Å². The molecule has 1 unspecified atom stereocenters. The molecule has 0 heterocycles. The zero-order chi connectivity index (χ0) is 12.7. The molecule has 0 fully saturated rings. The molecule has 17 heavy (non-hydrogen) atoms. The Labute approximate surface area is 101 Å². The molecular formula is C13H20F2N2. The summed E-state index contributed by atoms with van der Waals surface area (Å²) in [6, 6.07) is 3.43. The number of halogens is 2. The van der Waals surface area contributed by atoms with E-state index in [0.29, 0.717) is 6.42 Å². The van der Waals surface area contributed by atoms with Crippen LogP contribution in [-0.2, 0) is 0 Å². The molecule has 3 N–H and O–H groups in total. The molecule has 4 heteroatoms. The van der Waals surface area contributed by atoms with Crippen molar-refractivity contribution in [3.8, 4) is 0 Å². The summed E-state index contributed by atoms with van der Waals surface area (Å²) in [5.41, 5.74) is 2.54. The van der Waals surface area contributed by atoms with Gasteiger partial charge in [0.1, 0.15) is 11.6 Å². The van der Waals surface area contributed by atoms with Crippen LogP contribution in [0.5, 0.6) is 0 Å². The fourth-order valence-electron chi connectivity index (χ4n) is 1.93. The van der Waals surface area contributed by atoms with E-state index in [2.05, 4.69) is 12.3 Å². The number of nitrogens with one attached hydrogen (secondary N) is 1. The van der Waals surface area contributed by atoms with Gasteiger partial charge in [-0.3, -0.25) is 11.3 Å². The lowest BCUT2D eigenvalue weighted by molar-refractivity contribution is 0.436. The summed E-state index contributed by atoms with van der Waals surface area (Å²) in [5.74, 6) is 4.30. The van der Waals surface area contributed by atoms with Crippen LogP contribution in [0.4, 0.5) is 8.78 Å². The third-order valence-corrected chi connectivity index (χ3v) is 2.90. The van der Waals surface area contributed by atoms with Gasteiger partial charge in [-0.1, -0.05) is 38.7 Å². The maximum atomic E-state index is 13.5. The summed E-state index contributed by atoms with van der Waals surface area (Å²) in [4.78, 5) is 0. The van der Waals surface area contributed by atoms with Crippen LogP contribution in [0.25, 0.3) is 0 Å². The second kappa shape index (κ2) is 7.35. The Bertz CT molecular complexity index is 322. The maximum absolute atomic E-state index is 13.5. The third-order valence-electron chi connectivity index (χ3n) is 2.90. The SMILES string of the molecule is CCCCCCC(NN)c1c(F)cccc1F. The van der Waals surface area contributed by atoms with Gasteiger partial charge in [0.15, 0.2) is 0 Å². The van der Waals surface area contributed by atoms with Crippen LogP contribution in [0.15, 0.2) is 18.2 Å². The Kier molecular flexibility index (Phi) is 6.08. The summed E-state index contributed by atoms with van der Waals surface area (Å²) in [6.07, 6.45) is 4.89. The first-order valence-corrected chi connectivity index (χ1v) is 6.10. The highest BCUT2D eigenvalue weighted by Gasteiger charge is 2.18. The minimum Gasteiger partial charge on any atom is -0.271 e. The van der Waals surface area contributed by atoms with E-state index in [4.69, 9.17) is 5.84 Å². The predicted molar refractivity (Wildman–Crippen MR) is 65.2 cm³/mol. The third kappa shape index (κ3) is 4.06. The summed E-state index contributed by atoms with van der Waals surface area (Å²) in [5, 5.41) is 0. The van der Waals surface area contributed by atoms with E-state index in [9.17, 15) is 8.78 Å². The van der Waals surface area contributed by atoms with E-state index in [-0.39, 0.29) is 5.56 Å². The minimum absolute atomic E-state index is 0.0477. The van der Waals surface area contributed by atoms with Crippen LogP contribution in [-0.4, -0.2) is 0 Å². The lowest BCUT2D eigenvalue weighted by Gasteiger charge is -2.17. The molecule has 0 saturated heterocycles. The molecule has 0 aliphatic carbocycles. The predicted octanol–water partition coefficient (Wildman–Crippen LogP) is 3.44. The molecule has 0 saturated carbocycles. The van der Waals surface area contributed by atoms with Gasteiger partial charge in [-0.2, -0.15) is 0 Å². The molecule has 2 nitrogen and oxygen atoms in total. The Morgan fingerprint density at radius 2 is 1.82 bits per heavy atom. The zero-order valence-electron chi connectivity index (χ0n) is 10.2. The largest absolute Gasteiger partial charge is 0.271 e. The van der Waals surface area contributed by atoms with Gasteiger partial charge in [0.05, 0.1) is 6.04 Å². The summed E-state index contributed by atoms with van der Waals surface area (Å²) in [6.45, 7) is 2.12. The number of rotatable bonds is 7. The second-order valence-electron chi connectivity index (χ2n) is 4.20. The first-order chi connectivity index (χ1) is 8.20. The van der Waals surface area contributed by atoms with E-state index in [0.717, 1.165) is 25.7 Å². The van der Waals surface area contributed by atoms with Crippen LogP contribution in [0.1, 0.15) is 50.6 Å². The molecule has 1 aromatic rings. The Hall–Kier alpha value is -1.00. The van der Waals surface area contributed by atoms with Gasteiger partial charge in [0.25, 0.3) is 0 Å². The van der Waals surface area contributed by atoms with Gasteiger partial charge >= 0.3 is 0 Å². The van der Waals surface area contributed by atoms with Gasteiger partial charge in [0.2, 0.25) is 0 Å². The van der Waals surface area contributed by atoms with Crippen LogP contribution in [0.3, 0.4) is 0 Å². The highest BCUT2D eigenvalue weighted by Crippen LogP contribution is 2.24. The van der Waals surface area contributed by atoms with E-state index in [1.807, 2.05) is 0 Å². The van der Waals surface area contributed by atoms with Crippen molar-refractivity contribution in [2.45, 2.75) is 45.1 Å². The number of unbranched alkanes of at least 4 members (excludes halogenated alkanes) is 3. The Morgan fingerprint density at radius 3 is 2.35 bits per heavy atom. The van der Waals surface area contributed by atoms with Crippen molar-refractivity contribution in [2.75, 3.05) is 0 Å². The number of nitrogens with two attached hydrogens (primary N) is 1. The molecule has 0 spiro atoms. The molecule has 0 aliphatic heterocycles. The molecule has 96 valence electrons. The standard InChI is InChI=1S/C13H20F2N2/c1-2-3-4-5-9-12(17-16)13-10(14)7-6-8-11(13)15/h6-8,12,17H,2-5,9,16H2,1H3. The Balaban J connectivity index is 2.66. The molecule has 1 aromatic carbocycles. The average Bonchev–Trinajstić information content (AvgIpc) is 2.31. The lowest BCUT2D eigenvalue weighted by Crippen LogP contribution is -2.29. The van der Waals surface area contributed by atoms with Crippen molar-refractivity contribution in [3.05, 3.63) is 35.4 Å². The first kappa shape index (κ1) is 14.1. The first-order valence-electron chi connectivity index (χ1n) is 6.10. The van der Waals surface area contributed by atoms with E-state index in [1.165, 1.54) is 18.2 Å². The van der Waals surface area contributed by atoms with Crippen molar-refractivity contribution in [1.82, 2.24) is 5.43 Å². The highest BCUT2D eigenvalue weighted by molar-refractivity contribution is 5.23. The van der Waals surface area contributed by atoms with Crippen molar-refractivity contribution >= 4 is 0 Å². The minimum atomic E-state index is -0.538. The quantitative estimate of drug-likeness (QED) is 0.436. The number of hydrogen-bond acceptors (Lipinski definition) is 2. The van der Waals surface area contributed by atoms with Gasteiger partial charge in [-0.05, 0) is 18.6 Å². The monoisotopic (exact) mass is 242 g/mol. The number of benzene rings is 1. The maximum Gasteiger partial charge on any atom is 0.130 e. The van der Waals surface area contributed by atoms with Gasteiger partial charge < -0.3 is 0 Å². The molecule has 1 rings (SSSR count). The summed E-state index contributed by atoms with van der Waals surface area (Å²) in [7, 11) is 0. The second-order valence-corrected chi connectivity index (χ2v) is 4.20. The Morgan fingerprint density at radius 1 is 1.18 bits per heavy atom. The number of hydrazine groups is 1. The van der Waals surface area contributed by atoms with Crippen LogP contribution in [0.2, 0.25) is 0 Å². The van der Waals surface area contributed by atoms with Gasteiger partial charge in [-0.15, -0.1) is 0 Å². The summed E-state index contributed by atoms with van der Waals surface area (Å²) < 4.78 is 27.1. The molecular weight excluding hydrogens is 222 g/mol. The fourth-order valence-corrected chi connectivity index (χ4v) is 1.93. The molecule has 0 aromatic heterocycles. The lowest BCUT2D eigenvalue weighted by atomic mass is 9.99. The van der Waals surface area contributed by atoms with Crippen molar-refractivity contribution in [3.63, 3.8) is 0 Å². The summed E-state index contributed by atoms with van der Waals surface area (Å²) >= 11 is 0. The van der Waals surface area contributed by atoms with Crippen LogP contribution >= 0.6 is 0 Å². The topological polar surface area (TPSA) is 38.0 Å². The smallest absolute Gasteiger partial charge is 0.130 e. The zero-order valence-corrected chi connectivity index (χ0v) is 10.2. The van der Waals surface area contributed by atoms with E-state index < -0.39 is 17.7 Å². The average molecular weight is 242 g/mol. The van der Waals surface area contributed by atoms with Crippen LogP contribution in [0, 0.1) is 11.6 Å². The molecule has 0 radical (unpaired) electrons. The highest BCUT2D eigenvalue weighted by atomic mass is 19.1. The van der Waals surface area contributed by atoms with Crippen molar-refractivity contribution in [2.24, 2.45) is 5.84 Å². The van der Waals surface area contributed by atoms with E-state index >= 15 is 0 Å². The van der Waals surface area contributed by atoms with Crippen molar-refractivity contribution in [1.29, 1.82) is 0 Å². The van der Waals surface area contributed by atoms with Crippen LogP contribution < -0.4 is 11.3 Å². The number of hydrogen-bond donors (Lipinski definition) is 2. The molecule has 0 aliphatic rings. The molecule has 1 atom stereocenters. The van der Waals surface area contributed by atoms with E-state index in [1.54, 1.807) is 0 Å². The van der Waals surface area contributed by atoms with Gasteiger partial charge in [0, 0.05) is 5.56 Å². The molecule has 0 bridgehead atoms. The molecule has 0 amide bonds. The normalized spacial score (nSPS) is 12.7. The van der Waals surface area contributed by atoms with Crippen molar-refractivity contribution < 1.29 is 8.78 Å².